The van der Waals surface area contributed by atoms with E-state index in [0.717, 1.165) is 17.5 Å². The Labute approximate surface area is 146 Å². The first-order valence-corrected chi connectivity index (χ1v) is 8.19. The van der Waals surface area contributed by atoms with Crippen molar-refractivity contribution < 1.29 is 4.42 Å². The highest BCUT2D eigenvalue weighted by atomic mass is 16.4. The summed E-state index contributed by atoms with van der Waals surface area (Å²) in [6, 6.07) is 16.8. The quantitative estimate of drug-likeness (QED) is 0.447. The normalized spacial score (nSPS) is 10.7. The summed E-state index contributed by atoms with van der Waals surface area (Å²) >= 11 is 0. The molecule has 0 fully saturated rings. The third-order valence-corrected chi connectivity index (χ3v) is 4.08. The summed E-state index contributed by atoms with van der Waals surface area (Å²) in [5, 5.41) is 9.38. The molecule has 1 aromatic heterocycles. The second kappa shape index (κ2) is 6.81. The summed E-state index contributed by atoms with van der Waals surface area (Å²) in [6.07, 6.45) is 0.904. The Kier molecular flexibility index (Phi) is 4.57. The summed E-state index contributed by atoms with van der Waals surface area (Å²) in [5.41, 5.74) is 2.78. The van der Waals surface area contributed by atoms with E-state index < -0.39 is 5.63 Å². The van der Waals surface area contributed by atoms with E-state index in [2.05, 4.69) is 19.1 Å². The predicted molar refractivity (Wildman–Crippen MR) is 102 cm³/mol. The molecule has 25 heavy (non-hydrogen) atoms. The molecule has 0 aliphatic heterocycles. The lowest BCUT2D eigenvalue weighted by molar-refractivity contribution is 0.560. The lowest BCUT2D eigenvalue weighted by Gasteiger charge is -2.29. The maximum absolute atomic E-state index is 11.7. The molecule has 0 aliphatic rings. The molecule has 0 radical (unpaired) electrons. The van der Waals surface area contributed by atoms with Gasteiger partial charge in [0.2, 0.25) is 5.96 Å². The van der Waals surface area contributed by atoms with Crippen LogP contribution >= 0.6 is 0 Å². The zero-order valence-corrected chi connectivity index (χ0v) is 14.6. The van der Waals surface area contributed by atoms with Gasteiger partial charge >= 0.3 is 5.63 Å². The first-order chi connectivity index (χ1) is 12.0. The largest absolute Gasteiger partial charge is 0.420 e. The molecule has 2 aromatic carbocycles. The SMILES string of the molecule is CCc1cccc(N(C(=N)N(C)C)c2cccc3ccc(=O)oc23)c1. The van der Waals surface area contributed by atoms with Crippen molar-refractivity contribution >= 4 is 28.3 Å². The van der Waals surface area contributed by atoms with E-state index in [0.29, 0.717) is 11.3 Å². The smallest absolute Gasteiger partial charge is 0.336 e. The molecular formula is C20H21N3O2. The van der Waals surface area contributed by atoms with Gasteiger partial charge in [0.05, 0.1) is 5.69 Å². The molecule has 5 nitrogen and oxygen atoms in total. The third kappa shape index (κ3) is 3.26. The highest BCUT2D eigenvalue weighted by Crippen LogP contribution is 2.32. The van der Waals surface area contributed by atoms with Gasteiger partial charge in [0.1, 0.15) is 0 Å². The van der Waals surface area contributed by atoms with Gasteiger partial charge in [-0.05, 0) is 36.2 Å². The van der Waals surface area contributed by atoms with Crippen LogP contribution in [0.1, 0.15) is 12.5 Å². The van der Waals surface area contributed by atoms with Crippen LogP contribution in [0.3, 0.4) is 0 Å². The van der Waals surface area contributed by atoms with Gasteiger partial charge in [0.15, 0.2) is 5.58 Å². The Morgan fingerprint density at radius 3 is 2.56 bits per heavy atom. The number of benzene rings is 2. The first kappa shape index (κ1) is 16.8. The van der Waals surface area contributed by atoms with Gasteiger partial charge < -0.3 is 9.32 Å². The summed E-state index contributed by atoms with van der Waals surface area (Å²) in [7, 11) is 3.64. The molecule has 3 rings (SSSR count). The fourth-order valence-corrected chi connectivity index (χ4v) is 2.74. The molecule has 0 saturated heterocycles. The van der Waals surface area contributed by atoms with E-state index in [4.69, 9.17) is 9.83 Å². The number of nitrogens with zero attached hydrogens (tertiary/aromatic N) is 2. The predicted octanol–water partition coefficient (Wildman–Crippen LogP) is 3.99. The average Bonchev–Trinajstić information content (AvgIpc) is 2.62. The van der Waals surface area contributed by atoms with E-state index in [-0.39, 0.29) is 5.96 Å². The van der Waals surface area contributed by atoms with Crippen LogP contribution in [-0.4, -0.2) is 25.0 Å². The van der Waals surface area contributed by atoms with Crippen LogP contribution in [-0.2, 0) is 6.42 Å². The third-order valence-electron chi connectivity index (χ3n) is 4.08. The Morgan fingerprint density at radius 1 is 1.08 bits per heavy atom. The van der Waals surface area contributed by atoms with E-state index in [1.165, 1.54) is 11.6 Å². The molecule has 0 atom stereocenters. The molecule has 0 spiro atoms. The number of para-hydroxylation sites is 1. The van der Waals surface area contributed by atoms with Crippen molar-refractivity contribution in [3.63, 3.8) is 0 Å². The highest BCUT2D eigenvalue weighted by molar-refractivity contribution is 6.06. The summed E-state index contributed by atoms with van der Waals surface area (Å²) in [4.78, 5) is 15.3. The fraction of sp³-hybridized carbons (Fsp3) is 0.200. The minimum absolute atomic E-state index is 0.284. The maximum Gasteiger partial charge on any atom is 0.336 e. The Balaban J connectivity index is 2.27. The van der Waals surface area contributed by atoms with Gasteiger partial charge in [-0.3, -0.25) is 10.3 Å². The number of hydrogen-bond acceptors (Lipinski definition) is 3. The molecule has 0 unspecified atom stereocenters. The van der Waals surface area contributed by atoms with Crippen LogP contribution in [0, 0.1) is 5.41 Å². The molecule has 0 bridgehead atoms. The minimum Gasteiger partial charge on any atom is -0.420 e. The van der Waals surface area contributed by atoms with Crippen LogP contribution in [0.2, 0.25) is 0 Å². The standard InChI is InChI=1S/C20H21N3O2/c1-4-14-7-5-9-16(13-14)23(20(21)22(2)3)17-10-6-8-15-11-12-18(24)25-19(15)17/h5-13,21H,4H2,1-3H3. The van der Waals surface area contributed by atoms with Crippen molar-refractivity contribution in [3.8, 4) is 0 Å². The lowest BCUT2D eigenvalue weighted by atomic mass is 10.1. The van der Waals surface area contributed by atoms with Crippen molar-refractivity contribution in [2.75, 3.05) is 19.0 Å². The van der Waals surface area contributed by atoms with Crippen molar-refractivity contribution in [2.45, 2.75) is 13.3 Å². The van der Waals surface area contributed by atoms with Gasteiger partial charge in [-0.25, -0.2) is 4.79 Å². The number of nitrogens with one attached hydrogen (secondary N) is 1. The van der Waals surface area contributed by atoms with Crippen LogP contribution in [0.25, 0.3) is 11.0 Å². The van der Waals surface area contributed by atoms with Gasteiger partial charge in [0, 0.05) is 31.2 Å². The molecule has 0 amide bonds. The average molecular weight is 335 g/mol. The van der Waals surface area contributed by atoms with Crippen molar-refractivity contribution in [2.24, 2.45) is 0 Å². The molecular weight excluding hydrogens is 314 g/mol. The number of hydrogen-bond donors (Lipinski definition) is 1. The number of rotatable bonds is 3. The van der Waals surface area contributed by atoms with E-state index >= 15 is 0 Å². The monoisotopic (exact) mass is 335 g/mol. The Bertz CT molecular complexity index is 976. The van der Waals surface area contributed by atoms with Gasteiger partial charge in [-0.2, -0.15) is 0 Å². The number of guanidine groups is 1. The van der Waals surface area contributed by atoms with Crippen LogP contribution < -0.4 is 10.5 Å². The zero-order chi connectivity index (χ0) is 18.0. The number of fused-ring (bicyclic) bond motifs is 1. The Hall–Kier alpha value is -3.08. The van der Waals surface area contributed by atoms with Gasteiger partial charge in [-0.15, -0.1) is 0 Å². The van der Waals surface area contributed by atoms with Crippen LogP contribution in [0.5, 0.6) is 0 Å². The van der Waals surface area contributed by atoms with Crippen molar-refractivity contribution in [1.29, 1.82) is 5.41 Å². The highest BCUT2D eigenvalue weighted by Gasteiger charge is 2.20. The van der Waals surface area contributed by atoms with Crippen LogP contribution in [0.15, 0.2) is 63.8 Å². The maximum atomic E-state index is 11.7. The molecule has 1 heterocycles. The van der Waals surface area contributed by atoms with E-state index in [1.807, 2.05) is 44.4 Å². The van der Waals surface area contributed by atoms with Crippen LogP contribution in [0.4, 0.5) is 11.4 Å². The first-order valence-electron chi connectivity index (χ1n) is 8.19. The second-order valence-electron chi connectivity index (χ2n) is 6.03. The Morgan fingerprint density at radius 2 is 1.84 bits per heavy atom. The molecule has 128 valence electrons. The second-order valence-corrected chi connectivity index (χ2v) is 6.03. The molecule has 1 N–H and O–H groups in total. The van der Waals surface area contributed by atoms with Gasteiger partial charge in [-0.1, -0.05) is 31.2 Å². The van der Waals surface area contributed by atoms with E-state index in [1.54, 1.807) is 15.9 Å². The molecule has 0 aliphatic carbocycles. The molecule has 5 heteroatoms. The lowest BCUT2D eigenvalue weighted by Crippen LogP contribution is -2.37. The zero-order valence-electron chi connectivity index (χ0n) is 14.6. The van der Waals surface area contributed by atoms with Crippen molar-refractivity contribution in [1.82, 2.24) is 4.90 Å². The molecule has 3 aromatic rings. The minimum atomic E-state index is -0.404. The molecule has 0 saturated carbocycles. The summed E-state index contributed by atoms with van der Waals surface area (Å²) in [5.74, 6) is 0.284. The van der Waals surface area contributed by atoms with Crippen molar-refractivity contribution in [3.05, 3.63) is 70.6 Å². The fourth-order valence-electron chi connectivity index (χ4n) is 2.74. The number of aryl methyl sites for hydroxylation is 1. The van der Waals surface area contributed by atoms with E-state index in [9.17, 15) is 4.79 Å². The number of anilines is 2. The topological polar surface area (TPSA) is 60.5 Å². The summed E-state index contributed by atoms with van der Waals surface area (Å²) in [6.45, 7) is 2.09. The van der Waals surface area contributed by atoms with Gasteiger partial charge in [0.25, 0.3) is 0 Å². The summed E-state index contributed by atoms with van der Waals surface area (Å²) < 4.78 is 5.47.